The van der Waals surface area contributed by atoms with Crippen LogP contribution in [0.1, 0.15) is 11.1 Å². The quantitative estimate of drug-likeness (QED) is 0.184. The Hall–Kier alpha value is -3.36. The van der Waals surface area contributed by atoms with Crippen LogP contribution in [0, 0.1) is 0 Å². The lowest BCUT2D eigenvalue weighted by Crippen LogP contribution is -2.05. The Morgan fingerprint density at radius 3 is 2.53 bits per heavy atom. The molecule has 0 radical (unpaired) electrons. The second-order valence-electron chi connectivity index (χ2n) is 6.64. The van der Waals surface area contributed by atoms with Crippen molar-refractivity contribution < 1.29 is 27.1 Å². The number of alkyl halides is 3. The van der Waals surface area contributed by atoms with E-state index in [9.17, 15) is 22.8 Å². The van der Waals surface area contributed by atoms with Crippen molar-refractivity contribution in [1.29, 1.82) is 0 Å². The van der Waals surface area contributed by atoms with E-state index in [2.05, 4.69) is 0 Å². The Labute approximate surface area is 188 Å². The van der Waals surface area contributed by atoms with Crippen molar-refractivity contribution in [1.82, 2.24) is 0 Å². The number of fused-ring (bicyclic) bond motifs is 1. The van der Waals surface area contributed by atoms with E-state index in [4.69, 9.17) is 20.8 Å². The van der Waals surface area contributed by atoms with Crippen LogP contribution >= 0.6 is 22.9 Å². The molecular weight excluding hydrogens is 465 g/mol. The van der Waals surface area contributed by atoms with E-state index in [1.54, 1.807) is 24.3 Å². The SMILES string of the molecule is O=C(/C=C/c1ccc(Cl)cc1)Oc1cc(-c2cccc(C(F)(F)F)c2)c2oc(=O)sc2c1. The fourth-order valence-corrected chi connectivity index (χ4v) is 3.83. The molecule has 0 unspecified atom stereocenters. The van der Waals surface area contributed by atoms with E-state index >= 15 is 0 Å². The number of carbonyl (C=O) groups excluding carboxylic acids is 1. The lowest BCUT2D eigenvalue weighted by Gasteiger charge is -2.10. The lowest BCUT2D eigenvalue weighted by molar-refractivity contribution is -0.137. The summed E-state index contributed by atoms with van der Waals surface area (Å²) in [6.07, 6.45) is -1.81. The number of halogens is 4. The highest BCUT2D eigenvalue weighted by Crippen LogP contribution is 2.37. The highest BCUT2D eigenvalue weighted by Gasteiger charge is 2.30. The molecule has 32 heavy (non-hydrogen) atoms. The van der Waals surface area contributed by atoms with E-state index in [0.717, 1.165) is 29.0 Å². The van der Waals surface area contributed by atoms with Crippen LogP contribution in [0.3, 0.4) is 0 Å². The van der Waals surface area contributed by atoms with Gasteiger partial charge in [0.2, 0.25) is 0 Å². The molecule has 4 aromatic rings. The Balaban J connectivity index is 1.69. The molecule has 0 atom stereocenters. The average Bonchev–Trinajstić information content (AvgIpc) is 3.12. The van der Waals surface area contributed by atoms with Crippen LogP contribution in [0.25, 0.3) is 27.5 Å². The van der Waals surface area contributed by atoms with Gasteiger partial charge in [-0.15, -0.1) is 0 Å². The highest BCUT2D eigenvalue weighted by atomic mass is 35.5. The Bertz CT molecular complexity index is 1390. The maximum absolute atomic E-state index is 13.1. The molecule has 0 aliphatic carbocycles. The van der Waals surface area contributed by atoms with Gasteiger partial charge in [-0.25, -0.2) is 9.59 Å². The zero-order valence-corrected chi connectivity index (χ0v) is 17.6. The van der Waals surface area contributed by atoms with Gasteiger partial charge in [-0.3, -0.25) is 0 Å². The fraction of sp³-hybridized carbons (Fsp3) is 0.0435. The molecule has 0 saturated heterocycles. The van der Waals surface area contributed by atoms with Gasteiger partial charge < -0.3 is 9.15 Å². The first kappa shape index (κ1) is 21.9. The molecule has 0 bridgehead atoms. The summed E-state index contributed by atoms with van der Waals surface area (Å²) in [6, 6.07) is 14.1. The predicted octanol–water partition coefficient (Wildman–Crippen LogP) is 6.81. The summed E-state index contributed by atoms with van der Waals surface area (Å²) >= 11 is 6.58. The normalized spacial score (nSPS) is 11.9. The first-order chi connectivity index (χ1) is 15.2. The Morgan fingerprint density at radius 2 is 1.81 bits per heavy atom. The van der Waals surface area contributed by atoms with Gasteiger partial charge in [-0.1, -0.05) is 47.2 Å². The molecule has 0 spiro atoms. The number of hydrogen-bond acceptors (Lipinski definition) is 5. The summed E-state index contributed by atoms with van der Waals surface area (Å²) in [5, 5.41) is 0.555. The van der Waals surface area contributed by atoms with Crippen LogP contribution in [-0.2, 0) is 11.0 Å². The summed E-state index contributed by atoms with van der Waals surface area (Å²) in [5.41, 5.74) is 0.363. The minimum absolute atomic E-state index is 0.0627. The molecule has 0 N–H and O–H groups in total. The van der Waals surface area contributed by atoms with E-state index in [1.807, 2.05) is 0 Å². The maximum atomic E-state index is 13.1. The monoisotopic (exact) mass is 476 g/mol. The van der Waals surface area contributed by atoms with Crippen molar-refractivity contribution in [2.75, 3.05) is 0 Å². The minimum atomic E-state index is -4.54. The molecule has 0 aliphatic heterocycles. The third kappa shape index (κ3) is 4.92. The summed E-state index contributed by atoms with van der Waals surface area (Å²) in [5.74, 6) is -0.641. The number of rotatable bonds is 4. The topological polar surface area (TPSA) is 56.5 Å². The second kappa shape index (κ2) is 8.64. The zero-order valence-electron chi connectivity index (χ0n) is 16.0. The van der Waals surface area contributed by atoms with Crippen LogP contribution in [-0.4, -0.2) is 5.97 Å². The maximum Gasteiger partial charge on any atom is 0.416 e. The predicted molar refractivity (Wildman–Crippen MR) is 117 cm³/mol. The molecular formula is C23H12ClF3O4S. The van der Waals surface area contributed by atoms with Gasteiger partial charge in [0.15, 0.2) is 5.58 Å². The number of benzene rings is 3. The van der Waals surface area contributed by atoms with Gasteiger partial charge in [0.25, 0.3) is 0 Å². The molecule has 1 heterocycles. The van der Waals surface area contributed by atoms with E-state index in [0.29, 0.717) is 9.72 Å². The van der Waals surface area contributed by atoms with Crippen LogP contribution < -0.4 is 9.68 Å². The molecule has 4 nitrogen and oxygen atoms in total. The lowest BCUT2D eigenvalue weighted by atomic mass is 10.0. The van der Waals surface area contributed by atoms with Crippen molar-refractivity contribution in [3.63, 3.8) is 0 Å². The van der Waals surface area contributed by atoms with E-state index < -0.39 is 22.6 Å². The van der Waals surface area contributed by atoms with Crippen LogP contribution in [0.5, 0.6) is 5.75 Å². The highest BCUT2D eigenvalue weighted by molar-refractivity contribution is 7.16. The first-order valence-electron chi connectivity index (χ1n) is 9.10. The molecule has 0 amide bonds. The summed E-state index contributed by atoms with van der Waals surface area (Å²) < 4.78 is 50.3. The third-order valence-electron chi connectivity index (χ3n) is 4.41. The molecule has 0 aliphatic rings. The van der Waals surface area contributed by atoms with Gasteiger partial charge in [0.1, 0.15) is 5.75 Å². The van der Waals surface area contributed by atoms with Crippen molar-refractivity contribution in [2.24, 2.45) is 0 Å². The summed E-state index contributed by atoms with van der Waals surface area (Å²) in [4.78, 5) is 23.4. The molecule has 9 heteroatoms. The molecule has 1 aromatic heterocycles. The zero-order chi connectivity index (χ0) is 22.9. The molecule has 4 rings (SSSR count). The van der Waals surface area contributed by atoms with Gasteiger partial charge in [-0.2, -0.15) is 13.2 Å². The van der Waals surface area contributed by atoms with Gasteiger partial charge in [-0.05, 0) is 47.5 Å². The minimum Gasteiger partial charge on any atom is -0.423 e. The number of carbonyl (C=O) groups is 1. The van der Waals surface area contributed by atoms with Crippen molar-refractivity contribution >= 4 is 45.3 Å². The second-order valence-corrected chi connectivity index (χ2v) is 8.05. The average molecular weight is 477 g/mol. The van der Waals surface area contributed by atoms with Crippen LogP contribution in [0.15, 0.2) is 76.0 Å². The van der Waals surface area contributed by atoms with Gasteiger partial charge in [0.05, 0.1) is 10.3 Å². The van der Waals surface area contributed by atoms with Gasteiger partial charge in [0, 0.05) is 22.7 Å². The molecule has 162 valence electrons. The van der Waals surface area contributed by atoms with Crippen LogP contribution in [0.2, 0.25) is 5.02 Å². The Kier molecular flexibility index (Phi) is 5.90. The Morgan fingerprint density at radius 1 is 1.06 bits per heavy atom. The van der Waals surface area contributed by atoms with Gasteiger partial charge >= 0.3 is 17.1 Å². The number of hydrogen-bond donors (Lipinski definition) is 0. The van der Waals surface area contributed by atoms with Crippen molar-refractivity contribution in [2.45, 2.75) is 6.18 Å². The van der Waals surface area contributed by atoms with Crippen molar-refractivity contribution in [3.8, 4) is 16.9 Å². The van der Waals surface area contributed by atoms with Crippen LogP contribution in [0.4, 0.5) is 13.2 Å². The summed E-state index contributed by atoms with van der Waals surface area (Å²) in [7, 11) is 0. The first-order valence-corrected chi connectivity index (χ1v) is 10.3. The van der Waals surface area contributed by atoms with Crippen molar-refractivity contribution in [3.05, 3.63) is 92.6 Å². The molecule has 3 aromatic carbocycles. The fourth-order valence-electron chi connectivity index (χ4n) is 2.98. The summed E-state index contributed by atoms with van der Waals surface area (Å²) in [6.45, 7) is 0. The molecule has 0 fully saturated rings. The largest absolute Gasteiger partial charge is 0.423 e. The van der Waals surface area contributed by atoms with E-state index in [-0.39, 0.29) is 22.5 Å². The van der Waals surface area contributed by atoms with E-state index in [1.165, 1.54) is 36.4 Å². The molecule has 0 saturated carbocycles. The standard InChI is InChI=1S/C23H12ClF3O4S/c24-16-7-4-13(5-8-16)6-9-20(28)30-17-11-18(21-19(12-17)32-22(29)31-21)14-2-1-3-15(10-14)23(25,26)27/h1-12H/b9-6+. The number of ether oxygens (including phenoxy) is 1. The number of esters is 1. The smallest absolute Gasteiger partial charge is 0.416 e. The third-order valence-corrected chi connectivity index (χ3v) is 5.43.